The van der Waals surface area contributed by atoms with Gasteiger partial charge in [-0.05, 0) is 0 Å². The fourth-order valence-electron chi connectivity index (χ4n) is 0. The van der Waals surface area contributed by atoms with Crippen LogP contribution in [0.5, 0.6) is 0 Å². The van der Waals surface area contributed by atoms with E-state index in [0.717, 1.165) is 0 Å². The van der Waals surface area contributed by atoms with Crippen LogP contribution in [0, 0.1) is 0 Å². The second-order valence-corrected chi connectivity index (χ2v) is 11.6. The third-order valence-electron chi connectivity index (χ3n) is 0. The number of hydrogen-bond donors (Lipinski definition) is 0. The molecule has 0 atom stereocenters. The molecule has 27 valence electrons. The van der Waals surface area contributed by atoms with Crippen molar-refractivity contribution < 1.29 is 0 Å². The molecular formula is Cl3Sb-. The zero-order valence-corrected chi connectivity index (χ0v) is 6.40. The molecule has 0 saturated heterocycles. The monoisotopic (exact) mass is 226 g/mol. The molecule has 0 bridgehead atoms. The zero-order valence-electron chi connectivity index (χ0n) is 1.58. The quantitative estimate of drug-likeness (QED) is 0.553. The van der Waals surface area contributed by atoms with Gasteiger partial charge in [0.05, 0.1) is 0 Å². The van der Waals surface area contributed by atoms with E-state index in [1.807, 2.05) is 0 Å². The minimum absolute atomic E-state index is 2.03. The van der Waals surface area contributed by atoms with Crippen LogP contribution in [0.2, 0.25) is 0 Å². The fourth-order valence-corrected chi connectivity index (χ4v) is 0. The molecule has 0 rings (SSSR count). The first kappa shape index (κ1) is 5.69. The van der Waals surface area contributed by atoms with Gasteiger partial charge < -0.3 is 0 Å². The molecule has 0 spiro atoms. The van der Waals surface area contributed by atoms with Crippen LogP contribution in [0.3, 0.4) is 0 Å². The molecule has 1 radical (unpaired) electrons. The standard InChI is InChI=1S/3ClH.Sb/h3*1H;/q;;;+2/p-3. The van der Waals surface area contributed by atoms with Crippen LogP contribution in [0.4, 0.5) is 0 Å². The molecule has 0 saturated carbocycles. The van der Waals surface area contributed by atoms with Gasteiger partial charge in [-0.1, -0.05) is 0 Å². The Hall–Kier alpha value is 1.69. The zero-order chi connectivity index (χ0) is 3.58. The van der Waals surface area contributed by atoms with Crippen LogP contribution in [0.15, 0.2) is 0 Å². The van der Waals surface area contributed by atoms with Crippen LogP contribution < -0.4 is 0 Å². The third kappa shape index (κ3) is 9.35. The second-order valence-electron chi connectivity index (χ2n) is 0.192. The topological polar surface area (TPSA) is 0 Å². The molecule has 0 fully saturated rings. The van der Waals surface area contributed by atoms with E-state index >= 15 is 0 Å². The van der Waals surface area contributed by atoms with E-state index in [-0.39, 0.29) is 0 Å². The Morgan fingerprint density at radius 1 is 1.00 bits per heavy atom. The van der Waals surface area contributed by atoms with Crippen molar-refractivity contribution in [1.29, 1.82) is 0 Å². The van der Waals surface area contributed by atoms with E-state index < -0.39 is 16.8 Å². The number of halogens is 3. The predicted molar refractivity (Wildman–Crippen MR) is 23.3 cm³/mol. The van der Waals surface area contributed by atoms with E-state index in [1.165, 1.54) is 0 Å². The first-order chi connectivity index (χ1) is 1.73. The Kier molecular flexibility index (Phi) is 4.13. The summed E-state index contributed by atoms with van der Waals surface area (Å²) >= 11 is -2.03. The normalized spacial score (nSPS) is 9.00. The molecule has 0 heterocycles. The molecule has 0 unspecified atom stereocenters. The molecule has 0 N–H and O–H groups in total. The summed E-state index contributed by atoms with van der Waals surface area (Å²) in [6.45, 7) is 0. The minimum atomic E-state index is -2.03. The summed E-state index contributed by atoms with van der Waals surface area (Å²) in [6, 6.07) is 0. The summed E-state index contributed by atoms with van der Waals surface area (Å²) < 4.78 is 0. The summed E-state index contributed by atoms with van der Waals surface area (Å²) in [7, 11) is 15.0. The van der Waals surface area contributed by atoms with Gasteiger partial charge in [-0.25, -0.2) is 0 Å². The predicted octanol–water partition coefficient (Wildman–Crippen LogP) is 1.69. The summed E-state index contributed by atoms with van der Waals surface area (Å²) in [5.74, 6) is 0. The number of rotatable bonds is 0. The van der Waals surface area contributed by atoms with Gasteiger partial charge in [-0.15, -0.1) is 0 Å². The molecule has 0 nitrogen and oxygen atoms in total. The molecular weight excluding hydrogens is 228 g/mol. The second kappa shape index (κ2) is 2.90. The first-order valence-electron chi connectivity index (χ1n) is 0.507. The van der Waals surface area contributed by atoms with Crippen molar-refractivity contribution in [3.63, 3.8) is 0 Å². The molecule has 0 aromatic carbocycles. The van der Waals surface area contributed by atoms with Gasteiger partial charge in [-0.2, -0.15) is 0 Å². The van der Waals surface area contributed by atoms with Crippen LogP contribution in [0.25, 0.3) is 0 Å². The van der Waals surface area contributed by atoms with Gasteiger partial charge in [0.1, 0.15) is 0 Å². The van der Waals surface area contributed by atoms with Gasteiger partial charge in [0, 0.05) is 0 Å². The summed E-state index contributed by atoms with van der Waals surface area (Å²) in [6.07, 6.45) is 0. The van der Waals surface area contributed by atoms with Crippen molar-refractivity contribution in [2.75, 3.05) is 0 Å². The van der Waals surface area contributed by atoms with Crippen molar-refractivity contribution in [3.05, 3.63) is 0 Å². The summed E-state index contributed by atoms with van der Waals surface area (Å²) in [5, 5.41) is 0. The van der Waals surface area contributed by atoms with E-state index in [9.17, 15) is 0 Å². The van der Waals surface area contributed by atoms with Crippen LogP contribution >= 0.6 is 26.5 Å². The molecule has 4 heteroatoms. The third-order valence-corrected chi connectivity index (χ3v) is 0. The summed E-state index contributed by atoms with van der Waals surface area (Å²) in [5.41, 5.74) is 0. The van der Waals surface area contributed by atoms with Crippen molar-refractivity contribution in [2.24, 2.45) is 0 Å². The molecule has 0 amide bonds. The van der Waals surface area contributed by atoms with Crippen molar-refractivity contribution in [3.8, 4) is 0 Å². The average molecular weight is 228 g/mol. The Labute approximate surface area is 43.0 Å². The van der Waals surface area contributed by atoms with Gasteiger partial charge in [-0.3, -0.25) is 0 Å². The van der Waals surface area contributed by atoms with Gasteiger partial charge >= 0.3 is 43.3 Å². The average Bonchev–Trinajstić information content (AvgIpc) is 0.811. The van der Waals surface area contributed by atoms with E-state index in [2.05, 4.69) is 0 Å². The van der Waals surface area contributed by atoms with E-state index in [1.54, 1.807) is 0 Å². The van der Waals surface area contributed by atoms with E-state index in [4.69, 9.17) is 26.5 Å². The number of hydrogen-bond acceptors (Lipinski definition) is 0. The van der Waals surface area contributed by atoms with E-state index in [0.29, 0.717) is 0 Å². The molecule has 0 aliphatic rings. The van der Waals surface area contributed by atoms with Crippen molar-refractivity contribution in [2.45, 2.75) is 0 Å². The fraction of sp³-hybridized carbons (Fsp3) is 0. The van der Waals surface area contributed by atoms with Crippen LogP contribution in [0.1, 0.15) is 0 Å². The Morgan fingerprint density at radius 2 is 1.00 bits per heavy atom. The van der Waals surface area contributed by atoms with Gasteiger partial charge in [0.15, 0.2) is 0 Å². The van der Waals surface area contributed by atoms with Crippen molar-refractivity contribution in [1.82, 2.24) is 0 Å². The Balaban J connectivity index is 2.32. The molecule has 0 aromatic rings. The van der Waals surface area contributed by atoms with Crippen LogP contribution in [-0.4, -0.2) is 16.8 Å². The maximum absolute atomic E-state index is 4.99. The Bertz CT molecular complexity index is 8.00. The molecule has 4 heavy (non-hydrogen) atoms. The molecule has 0 aliphatic carbocycles. The van der Waals surface area contributed by atoms with Crippen molar-refractivity contribution >= 4 is 43.3 Å². The van der Waals surface area contributed by atoms with Gasteiger partial charge in [0.25, 0.3) is 0 Å². The SMILES string of the molecule is [Cl][Sb-]([Cl])[Cl]. The molecule has 0 aromatic heterocycles. The molecule has 0 aliphatic heterocycles. The van der Waals surface area contributed by atoms with Crippen LogP contribution in [-0.2, 0) is 0 Å². The summed E-state index contributed by atoms with van der Waals surface area (Å²) in [4.78, 5) is 0. The van der Waals surface area contributed by atoms with Gasteiger partial charge in [0.2, 0.25) is 0 Å². The maximum atomic E-state index is 4.99. The Morgan fingerprint density at radius 3 is 1.00 bits per heavy atom. The first-order valence-corrected chi connectivity index (χ1v) is 10.2.